The molecule has 8 nitrogen and oxygen atoms in total. The number of hydrogen-bond donors (Lipinski definition) is 2. The quantitative estimate of drug-likeness (QED) is 0.889. The highest BCUT2D eigenvalue weighted by Crippen LogP contribution is 2.15. The molecule has 2 aromatic heterocycles. The Labute approximate surface area is 140 Å². The first kappa shape index (κ1) is 16.3. The largest absolute Gasteiger partial charge is 0.375 e. The molecule has 0 bridgehead atoms. The van der Waals surface area contributed by atoms with Crippen LogP contribution in [0, 0.1) is 6.92 Å². The van der Waals surface area contributed by atoms with Gasteiger partial charge in [-0.15, -0.1) is 0 Å². The summed E-state index contributed by atoms with van der Waals surface area (Å²) < 4.78 is 10.4. The van der Waals surface area contributed by atoms with Crippen molar-refractivity contribution in [2.24, 2.45) is 0 Å². The minimum Gasteiger partial charge on any atom is -0.375 e. The lowest BCUT2D eigenvalue weighted by Gasteiger charge is -2.32. The molecular formula is C16H21N5O3. The molecule has 0 spiro atoms. The Morgan fingerprint density at radius 3 is 3.00 bits per heavy atom. The molecule has 0 aliphatic carbocycles. The molecule has 128 valence electrons. The minimum absolute atomic E-state index is 0.214. The maximum atomic E-state index is 11.8. The summed E-state index contributed by atoms with van der Waals surface area (Å²) in [5.74, 6) is 1.96. The molecular weight excluding hydrogens is 310 g/mol. The number of urea groups is 1. The predicted octanol–water partition coefficient (Wildman–Crippen LogP) is 1.92. The van der Waals surface area contributed by atoms with E-state index in [9.17, 15) is 4.79 Å². The van der Waals surface area contributed by atoms with E-state index in [-0.39, 0.29) is 12.1 Å². The summed E-state index contributed by atoms with van der Waals surface area (Å²) in [5.41, 5.74) is 0.923. The first-order valence-electron chi connectivity index (χ1n) is 7.90. The molecule has 1 aliphatic rings. The van der Waals surface area contributed by atoms with Crippen LogP contribution in [0.3, 0.4) is 0 Å². The van der Waals surface area contributed by atoms with Crippen LogP contribution < -0.4 is 15.5 Å². The number of pyridine rings is 1. The van der Waals surface area contributed by atoms with Crippen molar-refractivity contribution in [3.05, 3.63) is 35.7 Å². The number of ether oxygens (including phenoxy) is 1. The molecule has 8 heteroatoms. The van der Waals surface area contributed by atoms with Gasteiger partial charge in [0.05, 0.1) is 12.7 Å². The lowest BCUT2D eigenvalue weighted by molar-refractivity contribution is 0.0529. The van der Waals surface area contributed by atoms with Gasteiger partial charge in [0.2, 0.25) is 0 Å². The van der Waals surface area contributed by atoms with Gasteiger partial charge in [-0.3, -0.25) is 5.32 Å². The zero-order valence-electron chi connectivity index (χ0n) is 13.8. The molecule has 2 aromatic rings. The molecule has 0 saturated carbocycles. The first-order valence-corrected chi connectivity index (χ1v) is 7.90. The first-order chi connectivity index (χ1) is 11.6. The van der Waals surface area contributed by atoms with Gasteiger partial charge in [-0.25, -0.2) is 9.78 Å². The monoisotopic (exact) mass is 331 g/mol. The maximum Gasteiger partial charge on any atom is 0.320 e. The Morgan fingerprint density at radius 2 is 2.33 bits per heavy atom. The molecule has 0 radical (unpaired) electrons. The molecule has 0 unspecified atom stereocenters. The number of hydrogen-bond acceptors (Lipinski definition) is 6. The van der Waals surface area contributed by atoms with Crippen LogP contribution in [0.5, 0.6) is 0 Å². The predicted molar refractivity (Wildman–Crippen MR) is 89.0 cm³/mol. The zero-order chi connectivity index (χ0) is 16.9. The van der Waals surface area contributed by atoms with Gasteiger partial charge in [-0.1, -0.05) is 11.2 Å². The van der Waals surface area contributed by atoms with Crippen LogP contribution in [-0.4, -0.2) is 42.0 Å². The normalized spacial score (nSPS) is 17.6. The number of amides is 2. The van der Waals surface area contributed by atoms with Gasteiger partial charge in [0.1, 0.15) is 11.6 Å². The second-order valence-corrected chi connectivity index (χ2v) is 5.78. The summed E-state index contributed by atoms with van der Waals surface area (Å²) in [4.78, 5) is 18.5. The lowest BCUT2D eigenvalue weighted by atomic mass is 10.2. The van der Waals surface area contributed by atoms with E-state index in [1.807, 2.05) is 12.1 Å². The standard InChI is InChI=1S/C16H21N5O3/c1-11-7-14(20-24-11)19-16(22)18-9-13-3-4-15(17-8-13)21-5-6-23-12(2)10-21/h3-4,7-8,12H,5-6,9-10H2,1-2H3,(H2,18,19,20,22)/t12-/m1/s1. The summed E-state index contributed by atoms with van der Waals surface area (Å²) in [6.45, 7) is 6.60. The van der Waals surface area contributed by atoms with Gasteiger partial charge in [0, 0.05) is 31.9 Å². The molecule has 1 fully saturated rings. The van der Waals surface area contributed by atoms with Gasteiger partial charge in [0.25, 0.3) is 0 Å². The van der Waals surface area contributed by atoms with Crippen LogP contribution in [0.4, 0.5) is 16.4 Å². The third kappa shape index (κ3) is 4.23. The lowest BCUT2D eigenvalue weighted by Crippen LogP contribution is -2.41. The average Bonchev–Trinajstić information content (AvgIpc) is 2.98. The fraction of sp³-hybridized carbons (Fsp3) is 0.438. The van der Waals surface area contributed by atoms with Gasteiger partial charge >= 0.3 is 6.03 Å². The van der Waals surface area contributed by atoms with Crippen molar-refractivity contribution in [2.75, 3.05) is 29.9 Å². The summed E-state index contributed by atoms with van der Waals surface area (Å²) in [6, 6.07) is 5.24. The molecule has 2 amide bonds. The Morgan fingerprint density at radius 1 is 1.46 bits per heavy atom. The number of anilines is 2. The molecule has 1 atom stereocenters. The van der Waals surface area contributed by atoms with Crippen molar-refractivity contribution < 1.29 is 14.1 Å². The highest BCUT2D eigenvalue weighted by atomic mass is 16.5. The third-order valence-electron chi connectivity index (χ3n) is 3.70. The third-order valence-corrected chi connectivity index (χ3v) is 3.70. The van der Waals surface area contributed by atoms with Crippen LogP contribution in [-0.2, 0) is 11.3 Å². The highest BCUT2D eigenvalue weighted by Gasteiger charge is 2.17. The molecule has 0 aromatic carbocycles. The van der Waals surface area contributed by atoms with Crippen LogP contribution in [0.25, 0.3) is 0 Å². The molecule has 3 heterocycles. The van der Waals surface area contributed by atoms with Crippen molar-refractivity contribution in [2.45, 2.75) is 26.5 Å². The van der Waals surface area contributed by atoms with E-state index >= 15 is 0 Å². The van der Waals surface area contributed by atoms with Crippen LogP contribution >= 0.6 is 0 Å². The average molecular weight is 331 g/mol. The van der Waals surface area contributed by atoms with Crippen molar-refractivity contribution in [1.29, 1.82) is 0 Å². The van der Waals surface area contributed by atoms with E-state index in [0.717, 1.165) is 24.5 Å². The van der Waals surface area contributed by atoms with E-state index in [4.69, 9.17) is 9.26 Å². The summed E-state index contributed by atoms with van der Waals surface area (Å²) in [6.07, 6.45) is 1.99. The number of carbonyl (C=O) groups is 1. The Hall–Kier alpha value is -2.61. The fourth-order valence-corrected chi connectivity index (χ4v) is 2.50. The molecule has 24 heavy (non-hydrogen) atoms. The summed E-state index contributed by atoms with van der Waals surface area (Å²) in [5, 5.41) is 9.07. The van der Waals surface area contributed by atoms with E-state index < -0.39 is 0 Å². The van der Waals surface area contributed by atoms with E-state index in [0.29, 0.717) is 24.7 Å². The zero-order valence-corrected chi connectivity index (χ0v) is 13.8. The van der Waals surface area contributed by atoms with Crippen LogP contribution in [0.1, 0.15) is 18.2 Å². The van der Waals surface area contributed by atoms with Gasteiger partial charge in [-0.05, 0) is 25.5 Å². The van der Waals surface area contributed by atoms with Crippen molar-refractivity contribution in [3.63, 3.8) is 0 Å². The molecule has 2 N–H and O–H groups in total. The minimum atomic E-state index is -0.339. The summed E-state index contributed by atoms with van der Waals surface area (Å²) >= 11 is 0. The van der Waals surface area contributed by atoms with Crippen molar-refractivity contribution >= 4 is 17.7 Å². The summed E-state index contributed by atoms with van der Waals surface area (Å²) in [7, 11) is 0. The number of morpholine rings is 1. The van der Waals surface area contributed by atoms with Crippen LogP contribution in [0.2, 0.25) is 0 Å². The van der Waals surface area contributed by atoms with Crippen LogP contribution in [0.15, 0.2) is 28.9 Å². The molecule has 1 saturated heterocycles. The molecule has 3 rings (SSSR count). The van der Waals surface area contributed by atoms with Crippen molar-refractivity contribution in [1.82, 2.24) is 15.5 Å². The topological polar surface area (TPSA) is 92.5 Å². The number of nitrogens with one attached hydrogen (secondary N) is 2. The van der Waals surface area contributed by atoms with E-state index in [2.05, 4.69) is 32.6 Å². The second kappa shape index (κ2) is 7.31. The number of rotatable bonds is 4. The Bertz CT molecular complexity index is 685. The number of aromatic nitrogens is 2. The number of nitrogens with zero attached hydrogens (tertiary/aromatic N) is 3. The number of aryl methyl sites for hydroxylation is 1. The highest BCUT2D eigenvalue weighted by molar-refractivity contribution is 5.88. The van der Waals surface area contributed by atoms with E-state index in [1.54, 1.807) is 19.2 Å². The molecule has 1 aliphatic heterocycles. The van der Waals surface area contributed by atoms with Gasteiger partial charge < -0.3 is 19.5 Å². The second-order valence-electron chi connectivity index (χ2n) is 5.78. The number of carbonyl (C=O) groups excluding carboxylic acids is 1. The smallest absolute Gasteiger partial charge is 0.320 e. The van der Waals surface area contributed by atoms with Crippen molar-refractivity contribution in [3.8, 4) is 0 Å². The van der Waals surface area contributed by atoms with E-state index in [1.165, 1.54) is 0 Å². The van der Waals surface area contributed by atoms with Gasteiger partial charge in [0.15, 0.2) is 5.82 Å². The van der Waals surface area contributed by atoms with Gasteiger partial charge in [-0.2, -0.15) is 0 Å². The SMILES string of the molecule is Cc1cc(NC(=O)NCc2ccc(N3CCO[C@H](C)C3)nc2)no1. The fourth-order valence-electron chi connectivity index (χ4n) is 2.50. The Balaban J connectivity index is 1.49. The maximum absolute atomic E-state index is 11.8. The Kier molecular flexibility index (Phi) is 4.95.